The molecular weight excluding hydrogens is 212 g/mol. The van der Waals surface area contributed by atoms with Crippen molar-refractivity contribution < 1.29 is 9.90 Å². The van der Waals surface area contributed by atoms with Gasteiger partial charge in [-0.15, -0.1) is 0 Å². The number of benzene rings is 1. The quantitative estimate of drug-likeness (QED) is 0.864. The molecule has 0 saturated carbocycles. The van der Waals surface area contributed by atoms with E-state index in [1.807, 2.05) is 52.8 Å². The zero-order valence-electron chi connectivity index (χ0n) is 11.4. The second-order valence-corrected chi connectivity index (χ2v) is 5.42. The van der Waals surface area contributed by atoms with Gasteiger partial charge in [0.05, 0.1) is 5.41 Å². The molecule has 2 heteroatoms. The first-order valence-corrected chi connectivity index (χ1v) is 6.07. The van der Waals surface area contributed by atoms with Crippen LogP contribution in [0.4, 0.5) is 0 Å². The van der Waals surface area contributed by atoms with Gasteiger partial charge < -0.3 is 5.11 Å². The number of aliphatic carboxylic acids is 1. The Bertz CT molecular complexity index is 401. The number of hydrogen-bond donors (Lipinski definition) is 1. The minimum absolute atomic E-state index is 0.110. The Morgan fingerprint density at radius 3 is 2.12 bits per heavy atom. The zero-order valence-corrected chi connectivity index (χ0v) is 11.4. The summed E-state index contributed by atoms with van der Waals surface area (Å²) in [6.45, 7) is 9.88. The van der Waals surface area contributed by atoms with Crippen molar-refractivity contribution in [3.63, 3.8) is 0 Å². The molecule has 0 aromatic heterocycles. The third-order valence-electron chi connectivity index (χ3n) is 3.95. The molecule has 0 aliphatic heterocycles. The van der Waals surface area contributed by atoms with E-state index in [1.165, 1.54) is 16.7 Å². The van der Waals surface area contributed by atoms with E-state index in [4.69, 9.17) is 0 Å². The number of carbonyl (C=O) groups is 1. The van der Waals surface area contributed by atoms with Crippen LogP contribution in [0.3, 0.4) is 0 Å². The Balaban J connectivity index is 3.15. The van der Waals surface area contributed by atoms with Crippen LogP contribution in [0.15, 0.2) is 18.2 Å². The number of carboxylic acid groups (broad SMARTS) is 1. The molecule has 94 valence electrons. The second-order valence-electron chi connectivity index (χ2n) is 5.42. The summed E-state index contributed by atoms with van der Waals surface area (Å²) in [7, 11) is 0. The van der Waals surface area contributed by atoms with Gasteiger partial charge in [0.15, 0.2) is 0 Å². The normalized spacial score (nSPS) is 14.7. The largest absolute Gasteiger partial charge is 0.481 e. The van der Waals surface area contributed by atoms with Crippen molar-refractivity contribution in [3.05, 3.63) is 34.9 Å². The number of carboxylic acids is 1. The number of rotatable bonds is 4. The van der Waals surface area contributed by atoms with Gasteiger partial charge in [0.2, 0.25) is 0 Å². The molecule has 1 N–H and O–H groups in total. The third-order valence-corrected chi connectivity index (χ3v) is 3.95. The molecule has 0 heterocycles. The highest BCUT2D eigenvalue weighted by molar-refractivity contribution is 5.75. The summed E-state index contributed by atoms with van der Waals surface area (Å²) in [6.07, 6.45) is 0.596. The van der Waals surface area contributed by atoms with Crippen LogP contribution < -0.4 is 0 Å². The lowest BCUT2D eigenvalue weighted by atomic mass is 9.73. The molecule has 0 aliphatic rings. The second kappa shape index (κ2) is 4.91. The summed E-state index contributed by atoms with van der Waals surface area (Å²) in [5, 5.41) is 9.45. The van der Waals surface area contributed by atoms with E-state index < -0.39 is 11.4 Å². The minimum atomic E-state index is -0.713. The molecule has 0 amide bonds. The Morgan fingerprint density at radius 2 is 1.76 bits per heavy atom. The zero-order chi connectivity index (χ0) is 13.2. The van der Waals surface area contributed by atoms with E-state index in [0.717, 1.165) is 0 Å². The Kier molecular flexibility index (Phi) is 3.97. The van der Waals surface area contributed by atoms with Gasteiger partial charge in [-0.3, -0.25) is 4.79 Å². The average Bonchev–Trinajstić information content (AvgIpc) is 2.22. The molecule has 1 aromatic carbocycles. The third kappa shape index (κ3) is 2.68. The van der Waals surface area contributed by atoms with Crippen molar-refractivity contribution in [2.45, 2.75) is 41.0 Å². The number of aryl methyl sites for hydroxylation is 2. The van der Waals surface area contributed by atoms with Gasteiger partial charge in [-0.05, 0) is 49.8 Å². The smallest absolute Gasteiger partial charge is 0.309 e. The highest BCUT2D eigenvalue weighted by Crippen LogP contribution is 2.33. The van der Waals surface area contributed by atoms with Crippen LogP contribution in [0.2, 0.25) is 0 Å². The molecule has 1 rings (SSSR count). The van der Waals surface area contributed by atoms with Gasteiger partial charge in [0, 0.05) is 0 Å². The SMILES string of the molecule is Cc1cccc(C)c1CC(C)(C(=O)O)C(C)C. The molecule has 17 heavy (non-hydrogen) atoms. The summed E-state index contributed by atoms with van der Waals surface area (Å²) in [5.74, 6) is -0.603. The van der Waals surface area contributed by atoms with E-state index in [1.54, 1.807) is 0 Å². The van der Waals surface area contributed by atoms with Gasteiger partial charge in [-0.1, -0.05) is 32.0 Å². The maximum Gasteiger partial charge on any atom is 0.309 e. The maximum atomic E-state index is 11.5. The lowest BCUT2D eigenvalue weighted by Gasteiger charge is -2.30. The molecule has 0 spiro atoms. The molecule has 0 bridgehead atoms. The Morgan fingerprint density at radius 1 is 1.29 bits per heavy atom. The van der Waals surface area contributed by atoms with Crippen molar-refractivity contribution in [2.24, 2.45) is 11.3 Å². The molecular formula is C15H22O2. The fourth-order valence-corrected chi connectivity index (χ4v) is 2.02. The van der Waals surface area contributed by atoms with Gasteiger partial charge in [0.25, 0.3) is 0 Å². The first-order chi connectivity index (χ1) is 7.79. The Labute approximate surface area is 104 Å². The molecule has 1 atom stereocenters. The minimum Gasteiger partial charge on any atom is -0.481 e. The van der Waals surface area contributed by atoms with Gasteiger partial charge >= 0.3 is 5.97 Å². The Hall–Kier alpha value is -1.31. The van der Waals surface area contributed by atoms with Crippen LogP contribution in [0.1, 0.15) is 37.5 Å². The predicted molar refractivity (Wildman–Crippen MR) is 70.2 cm³/mol. The molecule has 1 unspecified atom stereocenters. The van der Waals surface area contributed by atoms with Crippen LogP contribution in [0.25, 0.3) is 0 Å². The van der Waals surface area contributed by atoms with Crippen molar-refractivity contribution in [2.75, 3.05) is 0 Å². The van der Waals surface area contributed by atoms with Crippen molar-refractivity contribution >= 4 is 5.97 Å². The lowest BCUT2D eigenvalue weighted by Crippen LogP contribution is -2.35. The molecule has 1 aromatic rings. The maximum absolute atomic E-state index is 11.5. The van der Waals surface area contributed by atoms with E-state index in [2.05, 4.69) is 0 Å². The molecule has 0 saturated heterocycles. The standard InChI is InChI=1S/C15H22O2/c1-10(2)15(5,14(16)17)9-13-11(3)7-6-8-12(13)4/h6-8,10H,9H2,1-5H3,(H,16,17). The highest BCUT2D eigenvalue weighted by atomic mass is 16.4. The van der Waals surface area contributed by atoms with E-state index >= 15 is 0 Å². The topological polar surface area (TPSA) is 37.3 Å². The summed E-state index contributed by atoms with van der Waals surface area (Å²) >= 11 is 0. The van der Waals surface area contributed by atoms with E-state index in [-0.39, 0.29) is 5.92 Å². The summed E-state index contributed by atoms with van der Waals surface area (Å²) < 4.78 is 0. The first kappa shape index (κ1) is 13.8. The van der Waals surface area contributed by atoms with Gasteiger partial charge in [0.1, 0.15) is 0 Å². The molecule has 0 aliphatic carbocycles. The van der Waals surface area contributed by atoms with Crippen molar-refractivity contribution in [1.82, 2.24) is 0 Å². The van der Waals surface area contributed by atoms with Crippen LogP contribution in [0.5, 0.6) is 0 Å². The lowest BCUT2D eigenvalue weighted by molar-refractivity contribution is -0.150. The summed E-state index contributed by atoms with van der Waals surface area (Å²) in [5.41, 5.74) is 2.83. The van der Waals surface area contributed by atoms with Crippen LogP contribution in [-0.2, 0) is 11.2 Å². The molecule has 0 fully saturated rings. The first-order valence-electron chi connectivity index (χ1n) is 6.07. The fourth-order valence-electron chi connectivity index (χ4n) is 2.02. The molecule has 2 nitrogen and oxygen atoms in total. The van der Waals surface area contributed by atoms with Crippen molar-refractivity contribution in [1.29, 1.82) is 0 Å². The fraction of sp³-hybridized carbons (Fsp3) is 0.533. The van der Waals surface area contributed by atoms with Gasteiger partial charge in [-0.25, -0.2) is 0 Å². The van der Waals surface area contributed by atoms with Crippen molar-refractivity contribution in [3.8, 4) is 0 Å². The van der Waals surface area contributed by atoms with E-state index in [9.17, 15) is 9.90 Å². The van der Waals surface area contributed by atoms with E-state index in [0.29, 0.717) is 6.42 Å². The van der Waals surface area contributed by atoms with Crippen LogP contribution in [0, 0.1) is 25.2 Å². The van der Waals surface area contributed by atoms with Crippen LogP contribution >= 0.6 is 0 Å². The van der Waals surface area contributed by atoms with Crippen LogP contribution in [-0.4, -0.2) is 11.1 Å². The predicted octanol–water partition coefficient (Wildman–Crippen LogP) is 3.59. The summed E-state index contributed by atoms with van der Waals surface area (Å²) in [4.78, 5) is 11.5. The number of hydrogen-bond acceptors (Lipinski definition) is 1. The van der Waals surface area contributed by atoms with Gasteiger partial charge in [-0.2, -0.15) is 0 Å². The molecule has 0 radical (unpaired) electrons. The summed E-state index contributed by atoms with van der Waals surface area (Å²) in [6, 6.07) is 6.11. The monoisotopic (exact) mass is 234 g/mol. The highest BCUT2D eigenvalue weighted by Gasteiger charge is 2.37. The average molecular weight is 234 g/mol.